The van der Waals surface area contributed by atoms with Crippen molar-refractivity contribution in [1.82, 2.24) is 4.90 Å². The second-order valence-electron chi connectivity index (χ2n) is 6.32. The van der Waals surface area contributed by atoms with Crippen molar-refractivity contribution < 1.29 is 24.3 Å². The van der Waals surface area contributed by atoms with Gasteiger partial charge in [0.1, 0.15) is 12.6 Å². The van der Waals surface area contributed by atoms with Crippen molar-refractivity contribution in [2.75, 3.05) is 45.9 Å². The van der Waals surface area contributed by atoms with Crippen LogP contribution >= 0.6 is 11.6 Å². The SMILES string of the molecule is CCOC(=O)N1CC[NH+](C[C@@H](O)CO[C@@H](C)c2ccc(Cl)cc2)CC1. The Kier molecular flexibility index (Phi) is 7.96. The lowest BCUT2D eigenvalue weighted by atomic mass is 10.1. The van der Waals surface area contributed by atoms with E-state index < -0.39 is 6.10 Å². The van der Waals surface area contributed by atoms with Crippen molar-refractivity contribution in [3.8, 4) is 0 Å². The quantitative estimate of drug-likeness (QED) is 0.754. The van der Waals surface area contributed by atoms with Gasteiger partial charge in [0.2, 0.25) is 0 Å². The van der Waals surface area contributed by atoms with Crippen LogP contribution in [-0.4, -0.2) is 68.1 Å². The largest absolute Gasteiger partial charge is 0.450 e. The van der Waals surface area contributed by atoms with Crippen LogP contribution in [0.25, 0.3) is 0 Å². The molecule has 1 heterocycles. The normalized spacial score (nSPS) is 18.0. The summed E-state index contributed by atoms with van der Waals surface area (Å²) < 4.78 is 10.8. The Morgan fingerprint density at radius 2 is 1.96 bits per heavy atom. The maximum absolute atomic E-state index is 11.7. The summed E-state index contributed by atoms with van der Waals surface area (Å²) in [7, 11) is 0. The molecule has 1 aromatic rings. The fourth-order valence-electron chi connectivity index (χ4n) is 2.90. The molecule has 1 aliphatic heterocycles. The molecular formula is C18H28ClN2O4+. The average Bonchev–Trinajstić information content (AvgIpc) is 2.61. The fraction of sp³-hybridized carbons (Fsp3) is 0.611. The zero-order chi connectivity index (χ0) is 18.2. The summed E-state index contributed by atoms with van der Waals surface area (Å²) in [5, 5.41) is 10.9. The number of rotatable bonds is 7. The molecule has 0 saturated carbocycles. The lowest BCUT2D eigenvalue weighted by Crippen LogP contribution is -3.15. The number of nitrogens with one attached hydrogen (secondary N) is 1. The summed E-state index contributed by atoms with van der Waals surface area (Å²) in [6, 6.07) is 7.53. The Labute approximate surface area is 154 Å². The maximum atomic E-state index is 11.7. The fourth-order valence-corrected chi connectivity index (χ4v) is 3.03. The Bertz CT molecular complexity index is 532. The molecule has 0 spiro atoms. The molecule has 1 fully saturated rings. The van der Waals surface area contributed by atoms with Crippen molar-refractivity contribution in [2.24, 2.45) is 0 Å². The lowest BCUT2D eigenvalue weighted by molar-refractivity contribution is -0.907. The van der Waals surface area contributed by atoms with Gasteiger partial charge in [-0.15, -0.1) is 0 Å². The number of carbonyl (C=O) groups excluding carboxylic acids is 1. The van der Waals surface area contributed by atoms with Crippen molar-refractivity contribution >= 4 is 17.7 Å². The van der Waals surface area contributed by atoms with Gasteiger partial charge >= 0.3 is 6.09 Å². The van der Waals surface area contributed by atoms with Crippen LogP contribution in [0.5, 0.6) is 0 Å². The number of amides is 1. The number of ether oxygens (including phenoxy) is 2. The van der Waals surface area contributed by atoms with Gasteiger partial charge in [-0.25, -0.2) is 4.79 Å². The highest BCUT2D eigenvalue weighted by Gasteiger charge is 2.26. The van der Waals surface area contributed by atoms with Crippen LogP contribution in [0.15, 0.2) is 24.3 Å². The second kappa shape index (κ2) is 9.97. The molecule has 25 heavy (non-hydrogen) atoms. The summed E-state index contributed by atoms with van der Waals surface area (Å²) in [6.45, 7) is 7.99. The molecule has 1 amide bonds. The van der Waals surface area contributed by atoms with Gasteiger partial charge in [0.25, 0.3) is 0 Å². The molecule has 0 bridgehead atoms. The molecule has 1 aliphatic rings. The van der Waals surface area contributed by atoms with Crippen LogP contribution in [0.2, 0.25) is 5.02 Å². The third-order valence-electron chi connectivity index (χ3n) is 4.40. The first-order valence-electron chi connectivity index (χ1n) is 8.80. The van der Waals surface area contributed by atoms with Gasteiger partial charge in [0.05, 0.1) is 45.5 Å². The minimum atomic E-state index is -0.529. The molecule has 140 valence electrons. The van der Waals surface area contributed by atoms with E-state index in [-0.39, 0.29) is 18.8 Å². The molecule has 1 saturated heterocycles. The first-order chi connectivity index (χ1) is 12.0. The molecule has 1 aromatic carbocycles. The van der Waals surface area contributed by atoms with Gasteiger partial charge in [-0.1, -0.05) is 23.7 Å². The van der Waals surface area contributed by atoms with E-state index in [1.54, 1.807) is 11.8 Å². The van der Waals surface area contributed by atoms with Crippen LogP contribution in [0.3, 0.4) is 0 Å². The van der Waals surface area contributed by atoms with E-state index in [2.05, 4.69) is 0 Å². The van der Waals surface area contributed by atoms with Crippen LogP contribution in [0, 0.1) is 0 Å². The van der Waals surface area contributed by atoms with Crippen LogP contribution in [0.4, 0.5) is 4.79 Å². The summed E-state index contributed by atoms with van der Waals surface area (Å²) in [4.78, 5) is 14.7. The molecule has 2 N–H and O–H groups in total. The second-order valence-corrected chi connectivity index (χ2v) is 6.76. The standard InChI is InChI=1S/C18H27ClN2O4/c1-3-24-18(23)21-10-8-20(9-11-21)12-17(22)13-25-14(2)15-4-6-16(19)7-5-15/h4-7,14,17,22H,3,8-13H2,1-2H3/p+1/t14-,17+/m0/s1. The topological polar surface area (TPSA) is 63.4 Å². The van der Waals surface area contributed by atoms with Crippen LogP contribution in [0.1, 0.15) is 25.5 Å². The third kappa shape index (κ3) is 6.47. The van der Waals surface area contributed by atoms with E-state index in [0.29, 0.717) is 31.3 Å². The molecule has 7 heteroatoms. The van der Waals surface area contributed by atoms with Crippen molar-refractivity contribution in [3.05, 3.63) is 34.9 Å². The monoisotopic (exact) mass is 371 g/mol. The number of aliphatic hydroxyl groups is 1. The number of piperazine rings is 1. The van der Waals surface area contributed by atoms with Crippen molar-refractivity contribution in [3.63, 3.8) is 0 Å². The predicted octanol–water partition coefficient (Wildman–Crippen LogP) is 1.14. The van der Waals surface area contributed by atoms with E-state index in [1.165, 1.54) is 4.90 Å². The number of quaternary nitrogens is 1. The molecule has 0 aliphatic carbocycles. The van der Waals surface area contributed by atoms with Gasteiger partial charge in [0.15, 0.2) is 0 Å². The van der Waals surface area contributed by atoms with Gasteiger partial charge < -0.3 is 19.5 Å². The highest BCUT2D eigenvalue weighted by molar-refractivity contribution is 6.30. The number of benzene rings is 1. The van der Waals surface area contributed by atoms with Crippen molar-refractivity contribution in [1.29, 1.82) is 0 Å². The molecule has 0 aromatic heterocycles. The van der Waals surface area contributed by atoms with Crippen LogP contribution < -0.4 is 4.90 Å². The molecule has 2 atom stereocenters. The van der Waals surface area contributed by atoms with Gasteiger partial charge in [-0.3, -0.25) is 4.90 Å². The lowest BCUT2D eigenvalue weighted by Gasteiger charge is -2.32. The van der Waals surface area contributed by atoms with Gasteiger partial charge in [0, 0.05) is 5.02 Å². The number of aliphatic hydroxyl groups excluding tert-OH is 1. The number of halogens is 1. The Balaban J connectivity index is 1.68. The van der Waals surface area contributed by atoms with E-state index in [0.717, 1.165) is 18.7 Å². The first-order valence-corrected chi connectivity index (χ1v) is 9.17. The summed E-state index contributed by atoms with van der Waals surface area (Å²) in [5.41, 5.74) is 1.03. The zero-order valence-corrected chi connectivity index (χ0v) is 15.7. The first kappa shape index (κ1) is 20.0. The Hall–Kier alpha value is -1.34. The number of carbonyl (C=O) groups is 1. The number of nitrogens with zero attached hydrogens (tertiary/aromatic N) is 1. The van der Waals surface area contributed by atoms with E-state index in [1.807, 2.05) is 31.2 Å². The van der Waals surface area contributed by atoms with Gasteiger partial charge in [-0.2, -0.15) is 0 Å². The summed E-state index contributed by atoms with van der Waals surface area (Å²) in [5.74, 6) is 0. The number of hydrogen-bond acceptors (Lipinski definition) is 4. The average molecular weight is 372 g/mol. The Morgan fingerprint density at radius 3 is 2.56 bits per heavy atom. The predicted molar refractivity (Wildman–Crippen MR) is 96.0 cm³/mol. The van der Waals surface area contributed by atoms with Crippen LogP contribution in [-0.2, 0) is 9.47 Å². The molecule has 6 nitrogen and oxygen atoms in total. The summed E-state index contributed by atoms with van der Waals surface area (Å²) >= 11 is 5.88. The molecule has 0 unspecified atom stereocenters. The third-order valence-corrected chi connectivity index (χ3v) is 4.65. The number of hydrogen-bond donors (Lipinski definition) is 2. The molecular weight excluding hydrogens is 344 g/mol. The summed E-state index contributed by atoms with van der Waals surface area (Å²) in [6.07, 6.45) is -0.872. The van der Waals surface area contributed by atoms with Crippen molar-refractivity contribution in [2.45, 2.75) is 26.1 Å². The van der Waals surface area contributed by atoms with Gasteiger partial charge in [-0.05, 0) is 31.5 Å². The van der Waals surface area contributed by atoms with E-state index >= 15 is 0 Å². The van der Waals surface area contributed by atoms with E-state index in [4.69, 9.17) is 21.1 Å². The highest BCUT2D eigenvalue weighted by atomic mass is 35.5. The molecule has 0 radical (unpaired) electrons. The Morgan fingerprint density at radius 1 is 1.32 bits per heavy atom. The minimum absolute atomic E-state index is 0.0948. The minimum Gasteiger partial charge on any atom is -0.450 e. The van der Waals surface area contributed by atoms with E-state index in [9.17, 15) is 9.90 Å². The zero-order valence-electron chi connectivity index (χ0n) is 14.9. The highest BCUT2D eigenvalue weighted by Crippen LogP contribution is 2.19. The smallest absolute Gasteiger partial charge is 0.410 e. The maximum Gasteiger partial charge on any atom is 0.410 e. The molecule has 2 rings (SSSR count).